The van der Waals surface area contributed by atoms with Gasteiger partial charge in [-0.3, -0.25) is 14.5 Å². The van der Waals surface area contributed by atoms with Gasteiger partial charge in [0.25, 0.3) is 5.91 Å². The van der Waals surface area contributed by atoms with Crippen molar-refractivity contribution in [2.45, 2.75) is 38.6 Å². The normalized spacial score (nSPS) is 19.9. The number of fused-ring (bicyclic) bond motifs is 1. The number of nitrogens with one attached hydrogen (secondary N) is 2. The Morgan fingerprint density at radius 2 is 2.00 bits per heavy atom. The number of esters is 1. The number of anilines is 1. The van der Waals surface area contributed by atoms with Crippen LogP contribution in [-0.4, -0.2) is 47.4 Å². The number of hydrogen-bond acceptors (Lipinski definition) is 6. The van der Waals surface area contributed by atoms with Crippen LogP contribution in [0.1, 0.15) is 39.7 Å². The molecule has 2 aromatic rings. The van der Waals surface area contributed by atoms with Gasteiger partial charge in [0.1, 0.15) is 17.0 Å². The van der Waals surface area contributed by atoms with E-state index in [4.69, 9.17) is 4.74 Å². The van der Waals surface area contributed by atoms with Crippen LogP contribution in [0.25, 0.3) is 0 Å². The van der Waals surface area contributed by atoms with Crippen molar-refractivity contribution in [2.24, 2.45) is 0 Å². The molecule has 1 aliphatic carbocycles. The van der Waals surface area contributed by atoms with Gasteiger partial charge in [0.15, 0.2) is 0 Å². The average molecular weight is 442 g/mol. The average Bonchev–Trinajstić information content (AvgIpc) is 3.20. The highest BCUT2D eigenvalue weighted by atomic mass is 32.1. The maximum Gasteiger partial charge on any atom is 0.348 e. The van der Waals surface area contributed by atoms with Crippen LogP contribution >= 0.6 is 11.3 Å². The first kappa shape index (κ1) is 21.0. The van der Waals surface area contributed by atoms with E-state index in [9.17, 15) is 19.2 Å². The number of carbonyl (C=O) groups excluding carboxylic acids is 4. The lowest BCUT2D eigenvalue weighted by atomic mass is 9.78. The minimum atomic E-state index is -0.998. The van der Waals surface area contributed by atoms with E-state index in [1.807, 2.05) is 24.3 Å². The first-order chi connectivity index (χ1) is 14.8. The zero-order valence-electron chi connectivity index (χ0n) is 17.3. The zero-order valence-corrected chi connectivity index (χ0v) is 18.1. The highest BCUT2D eigenvalue weighted by Gasteiger charge is 2.52. The number of rotatable bonds is 5. The van der Waals surface area contributed by atoms with Crippen molar-refractivity contribution in [1.82, 2.24) is 10.2 Å². The van der Waals surface area contributed by atoms with Gasteiger partial charge in [-0.05, 0) is 49.4 Å². The first-order valence-corrected chi connectivity index (χ1v) is 10.9. The monoisotopic (exact) mass is 441 g/mol. The molecular weight excluding hydrogens is 418 g/mol. The Labute approximate surface area is 183 Å². The van der Waals surface area contributed by atoms with Gasteiger partial charge >= 0.3 is 12.0 Å². The fourth-order valence-electron chi connectivity index (χ4n) is 4.11. The van der Waals surface area contributed by atoms with E-state index >= 15 is 0 Å². The van der Waals surface area contributed by atoms with E-state index in [2.05, 4.69) is 10.6 Å². The van der Waals surface area contributed by atoms with Crippen molar-refractivity contribution in [3.8, 4) is 0 Å². The summed E-state index contributed by atoms with van der Waals surface area (Å²) in [6.07, 6.45) is 1.60. The summed E-state index contributed by atoms with van der Waals surface area (Å²) in [6.45, 7) is 3.34. The molecule has 4 amide bonds. The molecule has 1 aromatic carbocycles. The number of nitrogens with zero attached hydrogens (tertiary/aromatic N) is 1. The van der Waals surface area contributed by atoms with Gasteiger partial charge < -0.3 is 15.4 Å². The Balaban J connectivity index is 1.44. The molecule has 1 atom stereocenters. The first-order valence-electron chi connectivity index (χ1n) is 10.1. The van der Waals surface area contributed by atoms with Crippen molar-refractivity contribution < 1.29 is 23.9 Å². The van der Waals surface area contributed by atoms with Crippen LogP contribution in [0.15, 0.2) is 30.3 Å². The third-order valence-corrected chi connectivity index (χ3v) is 6.75. The minimum Gasteiger partial charge on any atom is -0.462 e. The molecule has 1 fully saturated rings. The topological polar surface area (TPSA) is 105 Å². The molecule has 0 saturated carbocycles. The minimum absolute atomic E-state index is 0.260. The second-order valence-corrected chi connectivity index (χ2v) is 8.79. The molecule has 1 spiro atoms. The second kappa shape index (κ2) is 8.14. The van der Waals surface area contributed by atoms with Crippen LogP contribution in [0, 0.1) is 6.92 Å². The molecule has 2 N–H and O–H groups in total. The van der Waals surface area contributed by atoms with Gasteiger partial charge in [0.2, 0.25) is 5.91 Å². The summed E-state index contributed by atoms with van der Waals surface area (Å²) in [7, 11) is 0. The maximum absolute atomic E-state index is 13.1. The number of aryl methyl sites for hydroxylation is 2. The Kier molecular flexibility index (Phi) is 5.53. The van der Waals surface area contributed by atoms with Crippen molar-refractivity contribution >= 4 is 40.2 Å². The Morgan fingerprint density at radius 1 is 1.26 bits per heavy atom. The molecule has 162 valence electrons. The Bertz CT molecular complexity index is 1080. The summed E-state index contributed by atoms with van der Waals surface area (Å²) >= 11 is 1.10. The fraction of sp³-hybridized carbons (Fsp3) is 0.364. The number of benzene rings is 1. The quantitative estimate of drug-likeness (QED) is 0.548. The van der Waals surface area contributed by atoms with E-state index in [0.29, 0.717) is 34.7 Å². The van der Waals surface area contributed by atoms with Gasteiger partial charge in [0, 0.05) is 6.42 Å². The lowest BCUT2D eigenvalue weighted by molar-refractivity contribution is -0.134. The van der Waals surface area contributed by atoms with Crippen LogP contribution in [0.3, 0.4) is 0 Å². The zero-order chi connectivity index (χ0) is 22.2. The van der Waals surface area contributed by atoms with E-state index in [1.54, 1.807) is 19.9 Å². The largest absolute Gasteiger partial charge is 0.462 e. The molecule has 2 heterocycles. The molecule has 1 saturated heterocycles. The summed E-state index contributed by atoms with van der Waals surface area (Å²) in [4.78, 5) is 51.5. The van der Waals surface area contributed by atoms with Gasteiger partial charge in [-0.25, -0.2) is 9.59 Å². The molecule has 0 bridgehead atoms. The lowest BCUT2D eigenvalue weighted by Crippen LogP contribution is -2.51. The Morgan fingerprint density at radius 3 is 2.74 bits per heavy atom. The molecule has 4 rings (SSSR count). The number of hydrogen-bond donors (Lipinski definition) is 2. The SMILES string of the molecule is CCOC(=O)c1sc(NC(=O)CN2C(=O)NC3(CCc4ccccc4C3)C2=O)cc1C. The summed E-state index contributed by atoms with van der Waals surface area (Å²) in [5.74, 6) is -1.33. The third kappa shape index (κ3) is 3.93. The van der Waals surface area contributed by atoms with Crippen LogP contribution in [0.5, 0.6) is 0 Å². The van der Waals surface area contributed by atoms with E-state index in [0.717, 1.165) is 21.8 Å². The van der Waals surface area contributed by atoms with Crippen LogP contribution < -0.4 is 10.6 Å². The molecule has 0 radical (unpaired) electrons. The van der Waals surface area contributed by atoms with E-state index in [1.165, 1.54) is 5.56 Å². The standard InChI is InChI=1S/C22H23N3O5S/c1-3-30-19(27)18-13(2)10-17(31-18)23-16(26)12-25-20(28)22(24-21(25)29)9-8-14-6-4-5-7-15(14)11-22/h4-7,10H,3,8-9,11-12H2,1-2H3,(H,23,26)(H,24,29). The molecule has 1 unspecified atom stereocenters. The highest BCUT2D eigenvalue weighted by molar-refractivity contribution is 7.18. The summed E-state index contributed by atoms with van der Waals surface area (Å²) in [5.41, 5.74) is 1.90. The highest BCUT2D eigenvalue weighted by Crippen LogP contribution is 2.33. The van der Waals surface area contributed by atoms with Crippen LogP contribution in [0.2, 0.25) is 0 Å². The van der Waals surface area contributed by atoms with Gasteiger partial charge in [-0.15, -0.1) is 11.3 Å². The van der Waals surface area contributed by atoms with Gasteiger partial charge in [-0.1, -0.05) is 24.3 Å². The van der Waals surface area contributed by atoms with E-state index < -0.39 is 23.4 Å². The predicted molar refractivity (Wildman–Crippen MR) is 115 cm³/mol. The number of imide groups is 1. The second-order valence-electron chi connectivity index (χ2n) is 7.74. The lowest BCUT2D eigenvalue weighted by Gasteiger charge is -2.32. The van der Waals surface area contributed by atoms with Gasteiger partial charge in [0.05, 0.1) is 11.6 Å². The number of carbonyl (C=O) groups is 4. The third-order valence-electron chi connectivity index (χ3n) is 5.62. The molecule has 9 heteroatoms. The molecular formula is C22H23N3O5S. The number of amides is 4. The fourth-order valence-corrected chi connectivity index (χ4v) is 5.09. The molecule has 31 heavy (non-hydrogen) atoms. The van der Waals surface area contributed by atoms with Crippen molar-refractivity contribution in [2.75, 3.05) is 18.5 Å². The predicted octanol–water partition coefficient (Wildman–Crippen LogP) is 2.65. The molecule has 1 aliphatic heterocycles. The molecule has 1 aromatic heterocycles. The summed E-state index contributed by atoms with van der Waals surface area (Å²) < 4.78 is 5.00. The molecule has 2 aliphatic rings. The van der Waals surface area contributed by atoms with Crippen molar-refractivity contribution in [1.29, 1.82) is 0 Å². The number of thiophene rings is 1. The number of urea groups is 1. The van der Waals surface area contributed by atoms with Crippen LogP contribution in [0.4, 0.5) is 9.80 Å². The smallest absolute Gasteiger partial charge is 0.348 e. The van der Waals surface area contributed by atoms with Crippen molar-refractivity contribution in [3.63, 3.8) is 0 Å². The van der Waals surface area contributed by atoms with E-state index in [-0.39, 0.29) is 19.1 Å². The Hall–Kier alpha value is -3.20. The summed E-state index contributed by atoms with van der Waals surface area (Å²) in [6, 6.07) is 8.97. The maximum atomic E-state index is 13.1. The van der Waals surface area contributed by atoms with Crippen LogP contribution in [-0.2, 0) is 27.2 Å². The number of ether oxygens (including phenoxy) is 1. The van der Waals surface area contributed by atoms with Gasteiger partial charge in [-0.2, -0.15) is 0 Å². The van der Waals surface area contributed by atoms with Crippen molar-refractivity contribution in [3.05, 3.63) is 51.9 Å². The summed E-state index contributed by atoms with van der Waals surface area (Å²) in [5, 5.41) is 5.95. The molecule has 8 nitrogen and oxygen atoms in total.